The number of rotatable bonds is 2. The maximum absolute atomic E-state index is 11.0. The minimum atomic E-state index is -0.440. The molecule has 20 heavy (non-hydrogen) atoms. The van der Waals surface area contributed by atoms with Crippen LogP contribution in [-0.4, -0.2) is 24.5 Å². The Bertz CT molecular complexity index is 356. The Balaban J connectivity index is -0.000000429. The van der Waals surface area contributed by atoms with Gasteiger partial charge in [0.2, 0.25) is 0 Å². The van der Waals surface area contributed by atoms with Gasteiger partial charge in [0.05, 0.1) is 12.7 Å². The predicted octanol–water partition coefficient (Wildman–Crippen LogP) is -2.12. The molecule has 0 spiro atoms. The van der Waals surface area contributed by atoms with Crippen molar-refractivity contribution in [2.45, 2.75) is 20.8 Å². The van der Waals surface area contributed by atoms with Crippen LogP contribution in [-0.2, 0) is 4.74 Å². The molecule has 0 heterocycles. The summed E-state index contributed by atoms with van der Waals surface area (Å²) < 4.78 is 4.50. The quantitative estimate of drug-likeness (QED) is 0.162. The molecule has 0 saturated carbocycles. The molecule has 1 aromatic rings. The first kappa shape index (κ1) is 24.1. The Morgan fingerprint density at radius 3 is 1.75 bits per heavy atom. The van der Waals surface area contributed by atoms with E-state index in [9.17, 15) is 9.59 Å². The number of nitrogens with two attached hydrogens (primary N) is 1. The van der Waals surface area contributed by atoms with Crippen molar-refractivity contribution < 1.29 is 49.4 Å². The molecule has 0 aliphatic rings. The second-order valence-corrected chi connectivity index (χ2v) is 4.04. The number of hydrazine groups is 1. The van der Waals surface area contributed by atoms with Gasteiger partial charge in [-0.2, -0.15) is 20.8 Å². The summed E-state index contributed by atoms with van der Waals surface area (Å²) >= 11 is 0. The maximum Gasteiger partial charge on any atom is 1.00 e. The zero-order valence-corrected chi connectivity index (χ0v) is 14.6. The molecule has 0 bridgehead atoms. The minimum absolute atomic E-state index is 0. The van der Waals surface area contributed by atoms with E-state index < -0.39 is 11.9 Å². The van der Waals surface area contributed by atoms with Gasteiger partial charge in [-0.3, -0.25) is 10.2 Å². The first-order valence-corrected chi connectivity index (χ1v) is 5.38. The molecule has 1 aromatic carbocycles. The van der Waals surface area contributed by atoms with Gasteiger partial charge in [0, 0.05) is 5.56 Å². The molecule has 7 heteroatoms. The molecule has 0 atom stereocenters. The molecule has 1 rings (SSSR count). The summed E-state index contributed by atoms with van der Waals surface area (Å²) in [6.45, 7) is 6.25. The number of methoxy groups -OCH3 is 1. The van der Waals surface area contributed by atoms with E-state index >= 15 is 0 Å². The van der Waals surface area contributed by atoms with Crippen molar-refractivity contribution in [1.82, 2.24) is 5.43 Å². The van der Waals surface area contributed by atoms with E-state index in [2.05, 4.69) is 25.5 Å². The number of nitrogens with one attached hydrogen (secondary N) is 1. The van der Waals surface area contributed by atoms with Crippen LogP contribution >= 0.6 is 0 Å². The van der Waals surface area contributed by atoms with Gasteiger partial charge >= 0.3 is 35.5 Å². The van der Waals surface area contributed by atoms with Crippen molar-refractivity contribution in [2.75, 3.05) is 7.11 Å². The third-order valence-electron chi connectivity index (χ3n) is 1.70. The van der Waals surface area contributed by atoms with Gasteiger partial charge in [0.1, 0.15) is 0 Å². The van der Waals surface area contributed by atoms with Gasteiger partial charge in [0.25, 0.3) is 5.91 Å². The first-order chi connectivity index (χ1) is 8.42. The second-order valence-electron chi connectivity index (χ2n) is 4.04. The van der Waals surface area contributed by atoms with Gasteiger partial charge in [-0.25, -0.2) is 10.6 Å². The summed E-state index contributed by atoms with van der Waals surface area (Å²) in [4.78, 5) is 22.0. The number of nitrogen functional groups attached to an aromatic ring is 1. The van der Waals surface area contributed by atoms with E-state index in [1.807, 2.05) is 5.43 Å². The summed E-state index contributed by atoms with van der Waals surface area (Å²) in [7, 11) is 1.29. The van der Waals surface area contributed by atoms with Crippen molar-refractivity contribution in [3.63, 3.8) is 0 Å². The normalized spacial score (nSPS) is 8.30. The Morgan fingerprint density at radius 1 is 1.10 bits per heavy atom. The fraction of sp³-hybridized carbons (Fsp3) is 0.308. The van der Waals surface area contributed by atoms with Crippen LogP contribution in [0.5, 0.6) is 0 Å². The van der Waals surface area contributed by atoms with E-state index in [-0.39, 0.29) is 35.0 Å². The Kier molecular flexibility index (Phi) is 15.8. The molecule has 5 N–H and O–H groups in total. The average molecular weight is 292 g/mol. The number of benzene rings is 1. The molecular weight excluding hydrogens is 271 g/mol. The third-order valence-corrected chi connectivity index (χ3v) is 1.70. The zero-order valence-electron chi connectivity index (χ0n) is 12.6. The van der Waals surface area contributed by atoms with Crippen molar-refractivity contribution in [1.29, 1.82) is 0 Å². The van der Waals surface area contributed by atoms with Crippen LogP contribution in [0.2, 0.25) is 0 Å². The fourth-order valence-electron chi connectivity index (χ4n) is 0.959. The predicted molar refractivity (Wildman–Crippen MR) is 73.3 cm³/mol. The van der Waals surface area contributed by atoms with Gasteiger partial charge < -0.3 is 16.1 Å². The first-order valence-electron chi connectivity index (χ1n) is 5.38. The number of carbonyl (C=O) groups excluding carboxylic acids is 2. The summed E-state index contributed by atoms with van der Waals surface area (Å²) in [5.74, 6) is 5.51. The third kappa shape index (κ3) is 9.94. The molecule has 0 aliphatic carbocycles. The number of hydrogen-bond donors (Lipinski definition) is 2. The van der Waals surface area contributed by atoms with Crippen LogP contribution in [0.1, 0.15) is 41.5 Å². The molecule has 0 fully saturated rings. The molecule has 1 amide bonds. The molecule has 0 radical (unpaired) electrons. The van der Waals surface area contributed by atoms with Crippen molar-refractivity contribution in [3.05, 3.63) is 41.3 Å². The number of hydrogen-bond acceptors (Lipinski definition) is 4. The van der Waals surface area contributed by atoms with Gasteiger partial charge in [0.15, 0.2) is 0 Å². The van der Waals surface area contributed by atoms with Crippen LogP contribution in [0, 0.1) is 5.92 Å². The Hall–Kier alpha value is -0.920. The Morgan fingerprint density at radius 2 is 1.45 bits per heavy atom. The maximum atomic E-state index is 11.0. The molecule has 6 nitrogen and oxygen atoms in total. The largest absolute Gasteiger partial charge is 1.00 e. The van der Waals surface area contributed by atoms with E-state index in [0.717, 1.165) is 0 Å². The van der Waals surface area contributed by atoms with Crippen molar-refractivity contribution in [3.8, 4) is 0 Å². The summed E-state index contributed by atoms with van der Waals surface area (Å²) in [5, 5.41) is 0. The zero-order chi connectivity index (χ0) is 14.1. The summed E-state index contributed by atoms with van der Waals surface area (Å²) in [6, 6.07) is 5.98. The topological polar surface area (TPSA) is 113 Å². The van der Waals surface area contributed by atoms with E-state index in [1.165, 1.54) is 37.3 Å². The van der Waals surface area contributed by atoms with Crippen LogP contribution in [0.3, 0.4) is 0 Å². The minimum Gasteiger partial charge on any atom is -0.465 e. The molecule has 0 aromatic heterocycles. The molecular formula is C13H21N2NaO4. The van der Waals surface area contributed by atoms with Gasteiger partial charge in [-0.15, -0.1) is 0 Å². The van der Waals surface area contributed by atoms with E-state index in [0.29, 0.717) is 11.1 Å². The van der Waals surface area contributed by atoms with E-state index in [1.54, 1.807) is 0 Å². The monoisotopic (exact) mass is 292 g/mol. The summed E-state index contributed by atoms with van der Waals surface area (Å²) in [5.41, 5.74) is 2.77. The fourth-order valence-corrected chi connectivity index (χ4v) is 0.959. The number of amides is 1. The number of esters is 1. The SMILES string of the molecule is COC(=O)c1ccc(C(=O)NN)cc1.C[C-](C)C.O.[Na+]. The second kappa shape index (κ2) is 13.1. The smallest absolute Gasteiger partial charge is 0.465 e. The van der Waals surface area contributed by atoms with Gasteiger partial charge in [-0.1, -0.05) is 0 Å². The summed E-state index contributed by atoms with van der Waals surface area (Å²) in [6.07, 6.45) is 0. The average Bonchev–Trinajstić information content (AvgIpc) is 2.36. The van der Waals surface area contributed by atoms with Crippen LogP contribution in [0.25, 0.3) is 0 Å². The Labute approximate surface area is 141 Å². The molecule has 0 unspecified atom stereocenters. The van der Waals surface area contributed by atoms with Crippen molar-refractivity contribution >= 4 is 11.9 Å². The van der Waals surface area contributed by atoms with Crippen molar-refractivity contribution in [2.24, 2.45) is 5.84 Å². The standard InChI is InChI=1S/C9H10N2O3.C4H9.Na.H2O/c1-14-9(13)7-4-2-6(3-5-7)8(12)11-10;1-4(2)3;;/h2-5H,10H2,1H3,(H,11,12);1-3H3;;1H2/q;-1;+1;. The van der Waals surface area contributed by atoms with Crippen LogP contribution in [0.4, 0.5) is 0 Å². The number of ether oxygens (including phenoxy) is 1. The number of carbonyl (C=O) groups is 2. The molecule has 0 aliphatic heterocycles. The molecule has 0 saturated heterocycles. The van der Waals surface area contributed by atoms with E-state index in [4.69, 9.17) is 5.84 Å². The van der Waals surface area contributed by atoms with Crippen LogP contribution in [0.15, 0.2) is 24.3 Å². The molecule has 108 valence electrons. The van der Waals surface area contributed by atoms with Crippen LogP contribution < -0.4 is 40.8 Å². The van der Waals surface area contributed by atoms with Gasteiger partial charge in [-0.05, 0) is 24.3 Å².